The van der Waals surface area contributed by atoms with Gasteiger partial charge in [0.2, 0.25) is 0 Å². The first-order valence-corrected chi connectivity index (χ1v) is 22.7. The average Bonchev–Trinajstić information content (AvgIpc) is 3.85. The van der Waals surface area contributed by atoms with Crippen LogP contribution in [0.25, 0.3) is 114 Å². The molecule has 0 atom stereocenters. The molecular weight excluding hydrogens is 771 g/mol. The largest absolute Gasteiger partial charge is 0.309 e. The highest BCUT2D eigenvalue weighted by Crippen LogP contribution is 2.49. The Labute approximate surface area is 363 Å². The SMILES string of the molecule is CC1(C)CCC(C)(C)c2cc3c(cc21)c1ccc2ccccc2c1n3-c1ccc2cc(-c3nc(-c4ccc5ccc6ccccc6c5c4)c4sc5ccccc5c4n3)ccc2c1. The second-order valence-corrected chi connectivity index (χ2v) is 19.9. The van der Waals surface area contributed by atoms with Crippen molar-refractivity contribution in [1.82, 2.24) is 14.5 Å². The normalized spacial score (nSPS) is 14.9. The number of thiophene rings is 1. The first-order valence-electron chi connectivity index (χ1n) is 21.9. The average molecular weight is 814 g/mol. The lowest BCUT2D eigenvalue weighted by Crippen LogP contribution is -2.33. The molecule has 3 aromatic heterocycles. The van der Waals surface area contributed by atoms with Crippen LogP contribution in [0.2, 0.25) is 0 Å². The van der Waals surface area contributed by atoms with E-state index in [-0.39, 0.29) is 10.8 Å². The summed E-state index contributed by atoms with van der Waals surface area (Å²) in [4.78, 5) is 10.8. The van der Waals surface area contributed by atoms with Crippen molar-refractivity contribution in [3.8, 4) is 28.3 Å². The number of nitrogens with zero attached hydrogens (tertiary/aromatic N) is 3. The fourth-order valence-corrected chi connectivity index (χ4v) is 11.8. The highest BCUT2D eigenvalue weighted by Gasteiger charge is 2.38. The molecule has 13 rings (SSSR count). The van der Waals surface area contributed by atoms with Crippen LogP contribution in [-0.2, 0) is 10.8 Å². The van der Waals surface area contributed by atoms with Crippen LogP contribution in [-0.4, -0.2) is 14.5 Å². The summed E-state index contributed by atoms with van der Waals surface area (Å²) in [6.07, 6.45) is 2.37. The van der Waals surface area contributed by atoms with Crippen LogP contribution < -0.4 is 0 Å². The molecule has 0 N–H and O–H groups in total. The zero-order valence-electron chi connectivity index (χ0n) is 35.3. The van der Waals surface area contributed by atoms with Gasteiger partial charge in [0, 0.05) is 43.1 Å². The maximum absolute atomic E-state index is 5.44. The molecule has 0 saturated heterocycles. The van der Waals surface area contributed by atoms with Gasteiger partial charge in [0.15, 0.2) is 5.82 Å². The molecule has 0 bridgehead atoms. The molecule has 296 valence electrons. The number of hydrogen-bond donors (Lipinski definition) is 0. The van der Waals surface area contributed by atoms with Crippen LogP contribution in [0.1, 0.15) is 51.7 Å². The summed E-state index contributed by atoms with van der Waals surface area (Å²) in [5.41, 5.74) is 11.0. The smallest absolute Gasteiger partial charge is 0.160 e. The Morgan fingerprint density at radius 2 is 1.08 bits per heavy atom. The maximum Gasteiger partial charge on any atom is 0.160 e. The third-order valence-corrected chi connectivity index (χ3v) is 15.4. The molecule has 3 nitrogen and oxygen atoms in total. The Morgan fingerprint density at radius 1 is 0.468 bits per heavy atom. The minimum atomic E-state index is 0.102. The van der Waals surface area contributed by atoms with Crippen LogP contribution >= 0.6 is 11.3 Å². The quantitative estimate of drug-likeness (QED) is 0.166. The van der Waals surface area contributed by atoms with Crippen molar-refractivity contribution in [3.63, 3.8) is 0 Å². The molecule has 0 saturated carbocycles. The highest BCUT2D eigenvalue weighted by atomic mass is 32.1. The molecule has 12 aromatic rings. The molecule has 0 radical (unpaired) electrons. The van der Waals surface area contributed by atoms with Crippen LogP contribution in [0.3, 0.4) is 0 Å². The maximum atomic E-state index is 5.44. The van der Waals surface area contributed by atoms with Gasteiger partial charge in [-0.05, 0) is 115 Å². The fourth-order valence-electron chi connectivity index (χ4n) is 10.7. The monoisotopic (exact) mass is 813 g/mol. The molecule has 1 aliphatic rings. The molecule has 4 heteroatoms. The van der Waals surface area contributed by atoms with E-state index in [1.165, 1.54) is 99.3 Å². The standard InChI is InChI=1S/C58H43N3S/c1-57(2)27-28-58(3,4)49-33-50-47(32-48(49)57)44-26-24-35-12-6-8-14-43(35)54(44)61(50)41-25-23-37-29-40(22-20-38(37)30-41)56-59-52(55-53(60-56)45-15-9-10-16-51(45)62-55)39-21-19-36-18-17-34-11-5-7-13-42(34)46(36)31-39/h5-26,29-33H,27-28H2,1-4H3. The summed E-state index contributed by atoms with van der Waals surface area (Å²) in [6, 6.07) is 60.8. The summed E-state index contributed by atoms with van der Waals surface area (Å²) in [7, 11) is 0. The van der Waals surface area contributed by atoms with Gasteiger partial charge in [0.1, 0.15) is 0 Å². The van der Waals surface area contributed by atoms with Crippen LogP contribution in [0.4, 0.5) is 0 Å². The van der Waals surface area contributed by atoms with Gasteiger partial charge in [-0.1, -0.05) is 149 Å². The third kappa shape index (κ3) is 5.23. The van der Waals surface area contributed by atoms with Crippen molar-refractivity contribution in [2.45, 2.75) is 51.4 Å². The Hall–Kier alpha value is -6.88. The molecule has 62 heavy (non-hydrogen) atoms. The molecule has 0 fully saturated rings. The second kappa shape index (κ2) is 12.8. The first-order chi connectivity index (χ1) is 30.2. The van der Waals surface area contributed by atoms with Gasteiger partial charge in [-0.3, -0.25) is 0 Å². The van der Waals surface area contributed by atoms with E-state index in [1.807, 2.05) is 0 Å². The molecule has 3 heterocycles. The number of benzene rings is 9. The fraction of sp³-hybridized carbons (Fsp3) is 0.138. The molecule has 0 aliphatic heterocycles. The van der Waals surface area contributed by atoms with Gasteiger partial charge >= 0.3 is 0 Å². The summed E-state index contributed by atoms with van der Waals surface area (Å²) in [5, 5.41) is 13.6. The molecule has 9 aromatic carbocycles. The van der Waals surface area contributed by atoms with Crippen molar-refractivity contribution in [1.29, 1.82) is 0 Å². The van der Waals surface area contributed by atoms with E-state index in [4.69, 9.17) is 9.97 Å². The number of fused-ring (bicyclic) bond motifs is 13. The summed E-state index contributed by atoms with van der Waals surface area (Å²) >= 11 is 1.78. The van der Waals surface area contributed by atoms with Gasteiger partial charge in [-0.25, -0.2) is 9.97 Å². The number of rotatable bonds is 3. The van der Waals surface area contributed by atoms with Gasteiger partial charge in [-0.15, -0.1) is 11.3 Å². The lowest BCUT2D eigenvalue weighted by atomic mass is 9.63. The highest BCUT2D eigenvalue weighted by molar-refractivity contribution is 7.26. The third-order valence-electron chi connectivity index (χ3n) is 14.2. The zero-order chi connectivity index (χ0) is 41.5. The Balaban J connectivity index is 1.00. The van der Waals surface area contributed by atoms with Crippen molar-refractivity contribution < 1.29 is 0 Å². The second-order valence-electron chi connectivity index (χ2n) is 18.8. The van der Waals surface area contributed by atoms with E-state index >= 15 is 0 Å². The topological polar surface area (TPSA) is 30.7 Å². The number of hydrogen-bond acceptors (Lipinski definition) is 3. The van der Waals surface area contributed by atoms with Gasteiger partial charge in [0.25, 0.3) is 0 Å². The lowest BCUT2D eigenvalue weighted by molar-refractivity contribution is 0.332. The van der Waals surface area contributed by atoms with Crippen molar-refractivity contribution in [2.75, 3.05) is 0 Å². The molecule has 0 amide bonds. The van der Waals surface area contributed by atoms with E-state index < -0.39 is 0 Å². The summed E-state index contributed by atoms with van der Waals surface area (Å²) in [6.45, 7) is 9.71. The number of aromatic nitrogens is 3. The lowest BCUT2D eigenvalue weighted by Gasteiger charge is -2.42. The van der Waals surface area contributed by atoms with E-state index in [9.17, 15) is 0 Å². The molecular formula is C58H43N3S. The first kappa shape index (κ1) is 35.8. The Kier molecular flexibility index (Phi) is 7.41. The predicted molar refractivity (Wildman–Crippen MR) is 265 cm³/mol. The molecule has 1 aliphatic carbocycles. The van der Waals surface area contributed by atoms with E-state index in [0.29, 0.717) is 0 Å². The zero-order valence-corrected chi connectivity index (χ0v) is 36.1. The van der Waals surface area contributed by atoms with Gasteiger partial charge < -0.3 is 4.57 Å². The van der Waals surface area contributed by atoms with Gasteiger partial charge in [0.05, 0.1) is 26.9 Å². The molecule has 0 unspecified atom stereocenters. The summed E-state index contributed by atoms with van der Waals surface area (Å²) < 4.78 is 4.88. The van der Waals surface area contributed by atoms with Crippen molar-refractivity contribution >= 4 is 96.5 Å². The predicted octanol–water partition coefficient (Wildman–Crippen LogP) is 16.2. The van der Waals surface area contributed by atoms with E-state index in [2.05, 4.69) is 196 Å². The van der Waals surface area contributed by atoms with E-state index in [0.717, 1.165) is 38.2 Å². The van der Waals surface area contributed by atoms with Crippen molar-refractivity contribution in [3.05, 3.63) is 175 Å². The summed E-state index contributed by atoms with van der Waals surface area (Å²) in [5.74, 6) is 0.740. The van der Waals surface area contributed by atoms with Crippen molar-refractivity contribution in [2.24, 2.45) is 0 Å². The van der Waals surface area contributed by atoms with Crippen LogP contribution in [0.15, 0.2) is 164 Å². The Bertz CT molecular complexity index is 3880. The van der Waals surface area contributed by atoms with Crippen LogP contribution in [0, 0.1) is 0 Å². The Morgan fingerprint density at radius 3 is 1.90 bits per heavy atom. The minimum absolute atomic E-state index is 0.102. The minimum Gasteiger partial charge on any atom is -0.309 e. The van der Waals surface area contributed by atoms with Crippen LogP contribution in [0.5, 0.6) is 0 Å². The van der Waals surface area contributed by atoms with E-state index in [1.54, 1.807) is 11.3 Å². The molecule has 0 spiro atoms. The van der Waals surface area contributed by atoms with Gasteiger partial charge in [-0.2, -0.15) is 0 Å².